The predicted octanol–water partition coefficient (Wildman–Crippen LogP) is 5.67. The van der Waals surface area contributed by atoms with Crippen LogP contribution in [-0.2, 0) is 6.42 Å². The molecule has 0 fully saturated rings. The van der Waals surface area contributed by atoms with Crippen LogP contribution in [0.25, 0.3) is 10.8 Å². The van der Waals surface area contributed by atoms with Crippen LogP contribution < -0.4 is 13.7 Å². The number of rotatable bonds is 6. The zero-order valence-electron chi connectivity index (χ0n) is 17.6. The second kappa shape index (κ2) is 7.55. The molecule has 146 valence electrons. The summed E-state index contributed by atoms with van der Waals surface area (Å²) < 4.78 is 17.6. The Kier molecular flexibility index (Phi) is 6.01. The summed E-state index contributed by atoms with van der Waals surface area (Å²) in [6, 6.07) is 4.07. The molecule has 0 bridgehead atoms. The average molecular weight is 380 g/mol. The van der Waals surface area contributed by atoms with Gasteiger partial charge in [-0.1, -0.05) is 23.7 Å². The molecule has 1 aromatic heterocycles. The quantitative estimate of drug-likeness (QED) is 0.648. The fraction of sp³-hybridized carbons (Fsp3) is 0.571. The Morgan fingerprint density at radius 1 is 1.00 bits per heavy atom. The zero-order chi connectivity index (χ0) is 19.7. The molecular weight excluding hydrogens is 346 g/mol. The lowest BCUT2D eigenvalue weighted by atomic mass is 10.0. The van der Waals surface area contributed by atoms with Crippen molar-refractivity contribution in [1.29, 1.82) is 0 Å². The molecule has 1 aromatic carbocycles. The number of ether oxygens (including phenoxy) is 2. The molecule has 2 rings (SSSR count). The smallest absolute Gasteiger partial charge is 0.229 e. The maximum atomic E-state index is 6.52. The minimum Gasteiger partial charge on any atom is -0.493 e. The summed E-state index contributed by atoms with van der Waals surface area (Å²) in [5.74, 6) is 2.20. The van der Waals surface area contributed by atoms with E-state index in [9.17, 15) is 0 Å². The number of aromatic nitrogens is 1. The van der Waals surface area contributed by atoms with Crippen molar-refractivity contribution < 1.29 is 13.7 Å². The fourth-order valence-corrected chi connectivity index (χ4v) is 3.45. The van der Waals surface area contributed by atoms with Gasteiger partial charge in [0.15, 0.2) is 11.5 Å². The van der Waals surface area contributed by atoms with Gasteiger partial charge < -0.3 is 13.7 Å². The Balaban J connectivity index is 2.71. The Hall–Kier alpha value is -1.62. The van der Waals surface area contributed by atoms with Crippen LogP contribution in [0, 0.1) is 6.92 Å². The van der Waals surface area contributed by atoms with E-state index in [4.69, 9.17) is 18.6 Å². The number of pyridine rings is 1. The minimum absolute atomic E-state index is 0.0681. The van der Waals surface area contributed by atoms with Gasteiger partial charge in [0.2, 0.25) is 5.88 Å². The lowest BCUT2D eigenvalue weighted by Gasteiger charge is -2.43. The Morgan fingerprint density at radius 2 is 1.54 bits per heavy atom. The van der Waals surface area contributed by atoms with Gasteiger partial charge in [-0.2, -0.15) is 0 Å². The topological polar surface area (TPSA) is 40.6 Å². The van der Waals surface area contributed by atoms with Gasteiger partial charge in [-0.3, -0.25) is 0 Å². The third-order valence-corrected chi connectivity index (χ3v) is 8.57. The third-order valence-electron chi connectivity index (χ3n) is 5.04. The van der Waals surface area contributed by atoms with E-state index in [0.29, 0.717) is 0 Å². The molecule has 0 saturated heterocycles. The van der Waals surface area contributed by atoms with Gasteiger partial charge in [0.1, 0.15) is 0 Å². The summed E-state index contributed by atoms with van der Waals surface area (Å²) in [5, 5.41) is 2.22. The second-order valence-electron chi connectivity index (χ2n) is 7.92. The van der Waals surface area contributed by atoms with Crippen LogP contribution in [0.15, 0.2) is 12.1 Å². The van der Waals surface area contributed by atoms with Crippen LogP contribution in [-0.4, -0.2) is 36.5 Å². The summed E-state index contributed by atoms with van der Waals surface area (Å²) >= 11 is 0. The molecule has 4 nitrogen and oxygen atoms in total. The van der Waals surface area contributed by atoms with Gasteiger partial charge in [0.25, 0.3) is 0 Å². The summed E-state index contributed by atoms with van der Waals surface area (Å²) in [5.41, 5.74) is 2.10. The monoisotopic (exact) mass is 379 g/mol. The van der Waals surface area contributed by atoms with E-state index < -0.39 is 10.3 Å². The van der Waals surface area contributed by atoms with Crippen LogP contribution in [0.3, 0.4) is 0 Å². The minimum atomic E-state index is -1.32. The molecule has 5 heteroatoms. The van der Waals surface area contributed by atoms with Crippen molar-refractivity contribution in [2.45, 2.75) is 52.2 Å². The van der Waals surface area contributed by atoms with Gasteiger partial charge in [-0.25, -0.2) is 4.98 Å². The molecular formula is C21H33NO3S. The van der Waals surface area contributed by atoms with Gasteiger partial charge in [0, 0.05) is 15.7 Å². The van der Waals surface area contributed by atoms with Crippen LogP contribution in [0.1, 0.15) is 45.4 Å². The number of aryl methyl sites for hydroxylation is 2. The standard InChI is InChI=1S/C21H33NO3S/c1-10-11-17-16-13-19(24-7)18(23-6)12-15(16)14(2)20(22-17)25-26(8,9)21(3,4)5/h12-13H,10-11H2,1-9H3. The maximum Gasteiger partial charge on any atom is 0.229 e. The molecule has 26 heavy (non-hydrogen) atoms. The van der Waals surface area contributed by atoms with E-state index in [1.54, 1.807) is 14.2 Å². The molecule has 0 radical (unpaired) electrons. The number of nitrogens with zero attached hydrogens (tertiary/aromatic N) is 1. The Bertz CT molecular complexity index is 794. The summed E-state index contributed by atoms with van der Waals surface area (Å²) in [6.45, 7) is 10.9. The number of methoxy groups -OCH3 is 2. The zero-order valence-corrected chi connectivity index (χ0v) is 18.5. The first-order valence-corrected chi connectivity index (χ1v) is 11.4. The van der Waals surface area contributed by atoms with Crippen molar-refractivity contribution >= 4 is 21.1 Å². The molecule has 0 amide bonds. The van der Waals surface area contributed by atoms with E-state index in [-0.39, 0.29) is 4.75 Å². The SMILES string of the molecule is CCCc1nc(OS(C)(C)C(C)(C)C)c(C)c2cc(OC)c(OC)cc12. The molecule has 0 spiro atoms. The van der Waals surface area contributed by atoms with Gasteiger partial charge in [0.05, 0.1) is 19.9 Å². The molecule has 0 saturated carbocycles. The summed E-state index contributed by atoms with van der Waals surface area (Å²) in [7, 11) is 2.01. The fourth-order valence-electron chi connectivity index (χ4n) is 2.64. The first-order valence-electron chi connectivity index (χ1n) is 9.03. The molecule has 0 N–H and O–H groups in total. The van der Waals surface area contributed by atoms with Crippen molar-refractivity contribution in [1.82, 2.24) is 4.98 Å². The highest BCUT2D eigenvalue weighted by Crippen LogP contribution is 2.54. The summed E-state index contributed by atoms with van der Waals surface area (Å²) in [4.78, 5) is 4.92. The average Bonchev–Trinajstić information content (AvgIpc) is 2.56. The van der Waals surface area contributed by atoms with Crippen molar-refractivity contribution in [3.63, 3.8) is 0 Å². The predicted molar refractivity (Wildman–Crippen MR) is 113 cm³/mol. The molecule has 0 aliphatic heterocycles. The van der Waals surface area contributed by atoms with Gasteiger partial charge in [-0.15, -0.1) is 0 Å². The number of fused-ring (bicyclic) bond motifs is 1. The second-order valence-corrected chi connectivity index (χ2v) is 11.8. The van der Waals surface area contributed by atoms with Crippen molar-refractivity contribution in [2.75, 3.05) is 26.7 Å². The molecule has 2 aromatic rings. The van der Waals surface area contributed by atoms with Crippen LogP contribution in [0.5, 0.6) is 17.4 Å². The van der Waals surface area contributed by atoms with Crippen molar-refractivity contribution in [3.8, 4) is 17.4 Å². The first-order chi connectivity index (χ1) is 12.1. The van der Waals surface area contributed by atoms with Crippen molar-refractivity contribution in [2.24, 2.45) is 0 Å². The number of hydrogen-bond acceptors (Lipinski definition) is 4. The van der Waals surface area contributed by atoms with Crippen LogP contribution in [0.4, 0.5) is 0 Å². The maximum absolute atomic E-state index is 6.52. The summed E-state index contributed by atoms with van der Waals surface area (Å²) in [6.07, 6.45) is 6.32. The first kappa shape index (κ1) is 20.7. The highest BCUT2D eigenvalue weighted by molar-refractivity contribution is 8.30. The van der Waals surface area contributed by atoms with Gasteiger partial charge >= 0.3 is 0 Å². The molecule has 0 aliphatic rings. The number of benzene rings is 1. The largest absolute Gasteiger partial charge is 0.493 e. The van der Waals surface area contributed by atoms with E-state index in [0.717, 1.165) is 52.3 Å². The van der Waals surface area contributed by atoms with Crippen molar-refractivity contribution in [3.05, 3.63) is 23.4 Å². The van der Waals surface area contributed by atoms with Crippen LogP contribution in [0.2, 0.25) is 0 Å². The van der Waals surface area contributed by atoms with E-state index in [1.165, 1.54) is 0 Å². The molecule has 1 heterocycles. The van der Waals surface area contributed by atoms with E-state index in [1.807, 2.05) is 12.1 Å². The van der Waals surface area contributed by atoms with E-state index >= 15 is 0 Å². The highest BCUT2D eigenvalue weighted by atomic mass is 32.3. The lowest BCUT2D eigenvalue weighted by Crippen LogP contribution is -2.27. The highest BCUT2D eigenvalue weighted by Gasteiger charge is 2.31. The molecule has 0 unspecified atom stereocenters. The third kappa shape index (κ3) is 3.88. The normalized spacial score (nSPS) is 13.0. The molecule has 0 aliphatic carbocycles. The van der Waals surface area contributed by atoms with Gasteiger partial charge in [-0.05, 0) is 64.1 Å². The molecule has 0 atom stereocenters. The van der Waals surface area contributed by atoms with E-state index in [2.05, 4.69) is 47.1 Å². The lowest BCUT2D eigenvalue weighted by molar-refractivity contribution is 0.356. The Labute approximate surface area is 159 Å². The van der Waals surface area contributed by atoms with Crippen LogP contribution >= 0.6 is 10.3 Å². The number of hydrogen-bond donors (Lipinski definition) is 0. The Morgan fingerprint density at radius 3 is 2.00 bits per heavy atom.